The molecule has 0 amide bonds. The van der Waals surface area contributed by atoms with Gasteiger partial charge in [0.15, 0.2) is 0 Å². The molecule has 0 unspecified atom stereocenters. The lowest BCUT2D eigenvalue weighted by Crippen LogP contribution is -2.10. The van der Waals surface area contributed by atoms with Crippen molar-refractivity contribution in [3.05, 3.63) is 41.8 Å². The number of unbranched alkanes of at least 4 members (excludes halogenated alkanes) is 1. The minimum atomic E-state index is 0.237. The zero-order valence-electron chi connectivity index (χ0n) is 9.93. The summed E-state index contributed by atoms with van der Waals surface area (Å²) in [6.07, 6.45) is 9.68. The van der Waals surface area contributed by atoms with Crippen LogP contribution in [0.4, 0.5) is 0 Å². The molecule has 1 aromatic carbocycles. The summed E-state index contributed by atoms with van der Waals surface area (Å²) in [6.45, 7) is 6.68. The fourth-order valence-electron chi connectivity index (χ4n) is 1.55. The lowest BCUT2D eigenvalue weighted by Gasteiger charge is -2.19. The summed E-state index contributed by atoms with van der Waals surface area (Å²) >= 11 is 0. The van der Waals surface area contributed by atoms with Gasteiger partial charge >= 0.3 is 0 Å². The van der Waals surface area contributed by atoms with Gasteiger partial charge in [0.25, 0.3) is 0 Å². The van der Waals surface area contributed by atoms with E-state index in [1.165, 1.54) is 11.1 Å². The third-order valence-corrected chi connectivity index (χ3v) is 2.59. The summed E-state index contributed by atoms with van der Waals surface area (Å²) in [4.78, 5) is 0. The predicted molar refractivity (Wildman–Crippen MR) is 65.2 cm³/mol. The maximum Gasteiger partial charge on any atom is 0.0102 e. The van der Waals surface area contributed by atoms with E-state index < -0.39 is 0 Å². The van der Waals surface area contributed by atoms with Crippen molar-refractivity contribution in [2.24, 2.45) is 0 Å². The molecule has 0 aliphatic heterocycles. The Hall–Kier alpha value is -1.22. The molecule has 0 heterocycles. The van der Waals surface area contributed by atoms with Gasteiger partial charge in [-0.25, -0.2) is 0 Å². The van der Waals surface area contributed by atoms with Gasteiger partial charge in [-0.3, -0.25) is 0 Å². The van der Waals surface area contributed by atoms with Gasteiger partial charge in [-0.05, 0) is 35.8 Å². The Morgan fingerprint density at radius 1 is 1.13 bits per heavy atom. The Morgan fingerprint density at radius 3 is 2.20 bits per heavy atom. The minimum absolute atomic E-state index is 0.237. The van der Waals surface area contributed by atoms with Gasteiger partial charge in [0.05, 0.1) is 0 Å². The van der Waals surface area contributed by atoms with E-state index in [-0.39, 0.29) is 5.41 Å². The van der Waals surface area contributed by atoms with Gasteiger partial charge in [0, 0.05) is 6.42 Å². The second-order valence-electron chi connectivity index (χ2n) is 4.98. The molecule has 0 aromatic heterocycles. The standard InChI is InChI=1S/C15H19/c1-5-6-7-8-13-9-11-14(12-10-13)15(2,3)4/h9-12H,6-8H2,2-4H3. The Kier molecular flexibility index (Phi) is 3.97. The van der Waals surface area contributed by atoms with E-state index >= 15 is 0 Å². The third-order valence-electron chi connectivity index (χ3n) is 2.59. The van der Waals surface area contributed by atoms with Crippen molar-refractivity contribution in [2.45, 2.75) is 45.4 Å². The van der Waals surface area contributed by atoms with Crippen LogP contribution in [0.5, 0.6) is 0 Å². The Labute approximate surface area is 93.7 Å². The molecule has 1 radical (unpaired) electrons. The molecular formula is C15H19. The molecular weight excluding hydrogens is 180 g/mol. The number of benzene rings is 1. The number of aryl methyl sites for hydroxylation is 1. The van der Waals surface area contributed by atoms with Crippen molar-refractivity contribution in [1.29, 1.82) is 0 Å². The van der Waals surface area contributed by atoms with Gasteiger partial charge in [-0.1, -0.05) is 51.0 Å². The summed E-state index contributed by atoms with van der Waals surface area (Å²) in [5.41, 5.74) is 2.98. The summed E-state index contributed by atoms with van der Waals surface area (Å²) < 4.78 is 0. The molecule has 0 nitrogen and oxygen atoms in total. The molecule has 1 rings (SSSR count). The van der Waals surface area contributed by atoms with Gasteiger partial charge < -0.3 is 0 Å². The van der Waals surface area contributed by atoms with E-state index in [1.54, 1.807) is 0 Å². The van der Waals surface area contributed by atoms with E-state index in [9.17, 15) is 0 Å². The van der Waals surface area contributed by atoms with Crippen molar-refractivity contribution in [3.8, 4) is 5.92 Å². The van der Waals surface area contributed by atoms with Crippen LogP contribution in [-0.2, 0) is 11.8 Å². The molecule has 0 fully saturated rings. The first-order valence-electron chi connectivity index (χ1n) is 5.53. The zero-order valence-corrected chi connectivity index (χ0v) is 9.93. The van der Waals surface area contributed by atoms with Crippen LogP contribution in [0.25, 0.3) is 0 Å². The molecule has 79 valence electrons. The lowest BCUT2D eigenvalue weighted by atomic mass is 9.86. The fourth-order valence-corrected chi connectivity index (χ4v) is 1.55. The molecule has 0 bridgehead atoms. The smallest absolute Gasteiger partial charge is 0.0102 e. The minimum Gasteiger partial charge on any atom is -0.0891 e. The zero-order chi connectivity index (χ0) is 11.3. The summed E-state index contributed by atoms with van der Waals surface area (Å²) in [6, 6.07) is 8.82. The quantitative estimate of drug-likeness (QED) is 0.511. The second kappa shape index (κ2) is 5.03. The van der Waals surface area contributed by atoms with Crippen LogP contribution in [0.2, 0.25) is 0 Å². The van der Waals surface area contributed by atoms with Crippen LogP contribution in [-0.4, -0.2) is 0 Å². The molecule has 0 saturated carbocycles. The van der Waals surface area contributed by atoms with Crippen LogP contribution in [0.3, 0.4) is 0 Å². The normalized spacial score (nSPS) is 11.1. The van der Waals surface area contributed by atoms with Crippen molar-refractivity contribution in [3.63, 3.8) is 0 Å². The van der Waals surface area contributed by atoms with E-state index in [0.29, 0.717) is 0 Å². The van der Waals surface area contributed by atoms with E-state index in [0.717, 1.165) is 19.3 Å². The SMILES string of the molecule is [C]#CCCCc1ccc(C(C)(C)C)cc1. The van der Waals surface area contributed by atoms with E-state index in [2.05, 4.69) is 51.0 Å². The lowest BCUT2D eigenvalue weighted by molar-refractivity contribution is 0.590. The van der Waals surface area contributed by atoms with Crippen LogP contribution in [0.1, 0.15) is 44.7 Å². The molecule has 0 aliphatic rings. The second-order valence-corrected chi connectivity index (χ2v) is 4.98. The monoisotopic (exact) mass is 199 g/mol. The highest BCUT2D eigenvalue weighted by Gasteiger charge is 2.12. The molecule has 0 spiro atoms. The van der Waals surface area contributed by atoms with Gasteiger partial charge in [0.2, 0.25) is 0 Å². The maximum atomic E-state index is 6.83. The van der Waals surface area contributed by atoms with Gasteiger partial charge in [-0.15, -0.1) is 0 Å². The Morgan fingerprint density at radius 2 is 1.73 bits per heavy atom. The molecule has 1 aromatic rings. The molecule has 15 heavy (non-hydrogen) atoms. The maximum absolute atomic E-state index is 6.83. The Balaban J connectivity index is 2.61. The average Bonchev–Trinajstić information content (AvgIpc) is 2.18. The van der Waals surface area contributed by atoms with E-state index in [4.69, 9.17) is 6.42 Å². The molecule has 0 saturated heterocycles. The molecule has 0 aliphatic carbocycles. The van der Waals surface area contributed by atoms with Crippen LogP contribution >= 0.6 is 0 Å². The van der Waals surface area contributed by atoms with Crippen LogP contribution in [0.15, 0.2) is 24.3 Å². The third kappa shape index (κ3) is 3.80. The van der Waals surface area contributed by atoms with Crippen molar-refractivity contribution in [2.75, 3.05) is 0 Å². The highest BCUT2D eigenvalue weighted by molar-refractivity contribution is 5.27. The van der Waals surface area contributed by atoms with Crippen molar-refractivity contribution < 1.29 is 0 Å². The topological polar surface area (TPSA) is 0 Å². The largest absolute Gasteiger partial charge is 0.0891 e. The van der Waals surface area contributed by atoms with Crippen molar-refractivity contribution >= 4 is 0 Å². The van der Waals surface area contributed by atoms with Crippen LogP contribution < -0.4 is 0 Å². The van der Waals surface area contributed by atoms with Crippen LogP contribution in [0, 0.1) is 12.3 Å². The molecule has 0 heteroatoms. The first-order valence-corrected chi connectivity index (χ1v) is 5.53. The first-order chi connectivity index (χ1) is 7.04. The predicted octanol–water partition coefficient (Wildman–Crippen LogP) is 3.90. The summed E-state index contributed by atoms with van der Waals surface area (Å²) in [5.74, 6) is 2.42. The van der Waals surface area contributed by atoms with Gasteiger partial charge in [-0.2, -0.15) is 0 Å². The number of hydrogen-bond donors (Lipinski definition) is 0. The molecule has 0 atom stereocenters. The molecule has 0 N–H and O–H groups in total. The summed E-state index contributed by atoms with van der Waals surface area (Å²) in [5, 5.41) is 0. The number of rotatable bonds is 3. The van der Waals surface area contributed by atoms with Gasteiger partial charge in [0.1, 0.15) is 0 Å². The number of hydrogen-bond acceptors (Lipinski definition) is 0. The summed E-state index contributed by atoms with van der Waals surface area (Å²) in [7, 11) is 0. The van der Waals surface area contributed by atoms with E-state index in [1.807, 2.05) is 0 Å². The Bertz CT molecular complexity index is 330. The average molecular weight is 199 g/mol. The fraction of sp³-hybridized carbons (Fsp3) is 0.467. The van der Waals surface area contributed by atoms with Crippen molar-refractivity contribution in [1.82, 2.24) is 0 Å². The highest BCUT2D eigenvalue weighted by Crippen LogP contribution is 2.22. The first kappa shape index (κ1) is 11.9. The highest BCUT2D eigenvalue weighted by atomic mass is 14.2.